The van der Waals surface area contributed by atoms with Crippen LogP contribution in [0.4, 0.5) is 11.4 Å². The van der Waals surface area contributed by atoms with Gasteiger partial charge in [-0.25, -0.2) is 0 Å². The molecule has 0 aliphatic heterocycles. The fourth-order valence-electron chi connectivity index (χ4n) is 2.94. The predicted octanol–water partition coefficient (Wildman–Crippen LogP) is 3.92. The lowest BCUT2D eigenvalue weighted by atomic mass is 9.81. The molecule has 2 aromatic carbocycles. The van der Waals surface area contributed by atoms with E-state index in [1.807, 2.05) is 42.5 Å². The first-order valence-electron chi connectivity index (χ1n) is 8.02. The molecule has 1 unspecified atom stereocenters. The lowest BCUT2D eigenvalue weighted by Gasteiger charge is -2.22. The Labute approximate surface area is 142 Å². The second-order valence-electron chi connectivity index (χ2n) is 6.34. The summed E-state index contributed by atoms with van der Waals surface area (Å²) >= 11 is 0. The number of rotatable bonds is 2. The van der Waals surface area contributed by atoms with Gasteiger partial charge in [-0.2, -0.15) is 0 Å². The third kappa shape index (κ3) is 3.67. The zero-order valence-electron chi connectivity index (χ0n) is 13.7. The van der Waals surface area contributed by atoms with E-state index in [-0.39, 0.29) is 5.78 Å². The van der Waals surface area contributed by atoms with E-state index in [0.29, 0.717) is 11.6 Å². The summed E-state index contributed by atoms with van der Waals surface area (Å²) in [7, 11) is 0. The van der Waals surface area contributed by atoms with Crippen LogP contribution in [-0.2, 0) is 4.79 Å². The van der Waals surface area contributed by atoms with Gasteiger partial charge in [-0.15, -0.1) is 0 Å². The lowest BCUT2D eigenvalue weighted by molar-refractivity contribution is -0.113. The largest absolute Gasteiger partial charge is 0.399 e. The summed E-state index contributed by atoms with van der Waals surface area (Å²) in [5.41, 5.74) is 16.1. The van der Waals surface area contributed by atoms with Crippen LogP contribution in [0.15, 0.2) is 47.5 Å². The highest BCUT2D eigenvalue weighted by molar-refractivity contribution is 6.14. The van der Waals surface area contributed by atoms with E-state index in [1.54, 1.807) is 6.07 Å². The fourth-order valence-corrected chi connectivity index (χ4v) is 2.94. The Morgan fingerprint density at radius 1 is 0.958 bits per heavy atom. The fraction of sp³-hybridized carbons (Fsp3) is 0.190. The van der Waals surface area contributed by atoms with Crippen molar-refractivity contribution in [2.45, 2.75) is 19.8 Å². The van der Waals surface area contributed by atoms with Crippen molar-refractivity contribution in [1.29, 1.82) is 0 Å². The van der Waals surface area contributed by atoms with Crippen LogP contribution in [0.3, 0.4) is 0 Å². The summed E-state index contributed by atoms with van der Waals surface area (Å²) in [4.78, 5) is 12.8. The van der Waals surface area contributed by atoms with E-state index in [9.17, 15) is 4.79 Å². The molecule has 3 nitrogen and oxygen atoms in total. The Bertz CT molecular complexity index is 731. The number of ketones is 1. The Balaban J connectivity index is 1.90. The number of hydrogen-bond acceptors (Lipinski definition) is 3. The highest BCUT2D eigenvalue weighted by atomic mass is 16.1. The van der Waals surface area contributed by atoms with Crippen LogP contribution in [0.1, 0.15) is 30.9 Å². The molecule has 3 rings (SSSR count). The van der Waals surface area contributed by atoms with Gasteiger partial charge in [0.05, 0.1) is 5.69 Å². The minimum Gasteiger partial charge on any atom is -0.399 e. The van der Waals surface area contributed by atoms with Crippen LogP contribution in [0, 0.1) is 18.1 Å². The van der Waals surface area contributed by atoms with E-state index in [2.05, 4.69) is 19.1 Å². The maximum absolute atomic E-state index is 12.8. The van der Waals surface area contributed by atoms with Crippen molar-refractivity contribution in [3.63, 3.8) is 0 Å². The molecule has 1 aliphatic carbocycles. The molecule has 0 spiro atoms. The Morgan fingerprint density at radius 2 is 1.62 bits per heavy atom. The van der Waals surface area contributed by atoms with Crippen molar-refractivity contribution < 1.29 is 4.79 Å². The van der Waals surface area contributed by atoms with Crippen molar-refractivity contribution in [3.8, 4) is 0 Å². The average molecular weight is 316 g/mol. The molecular formula is C21H20N2O. The van der Waals surface area contributed by atoms with E-state index >= 15 is 0 Å². The number of carbonyl (C=O) groups excluding carboxylic acids is 1. The number of anilines is 2. The third-order valence-electron chi connectivity index (χ3n) is 4.12. The van der Waals surface area contributed by atoms with E-state index in [4.69, 9.17) is 11.5 Å². The van der Waals surface area contributed by atoms with E-state index < -0.39 is 0 Å². The number of allylic oxidation sites excluding steroid dienone is 2. The van der Waals surface area contributed by atoms with Crippen LogP contribution in [-0.4, -0.2) is 5.78 Å². The molecule has 1 fully saturated rings. The highest BCUT2D eigenvalue weighted by Gasteiger charge is 2.25. The van der Waals surface area contributed by atoms with Crippen molar-refractivity contribution >= 4 is 29.3 Å². The molecule has 1 atom stereocenters. The summed E-state index contributed by atoms with van der Waals surface area (Å²) in [6.07, 6.45) is 5.42. The number of nitrogens with two attached hydrogens (primary N) is 2. The summed E-state index contributed by atoms with van der Waals surface area (Å²) in [6, 6.07) is 17.0. The van der Waals surface area contributed by atoms with Crippen molar-refractivity contribution in [3.05, 3.63) is 70.8 Å². The van der Waals surface area contributed by atoms with Gasteiger partial charge < -0.3 is 11.5 Å². The number of Topliss-reactive ketones (excluding diaryl/α,β-unsaturated/α-hetero) is 1. The first-order valence-corrected chi connectivity index (χ1v) is 8.02. The zero-order valence-corrected chi connectivity index (χ0v) is 13.7. The van der Waals surface area contributed by atoms with Crippen molar-refractivity contribution in [2.24, 2.45) is 5.92 Å². The van der Waals surface area contributed by atoms with Gasteiger partial charge in [0, 0.05) is 22.4 Å². The SMILES string of the molecule is CC1C/C(=C\c2c#cc(N)cc2)C(=O)/C(=C/c2ccc(N)cc2)C1. The monoisotopic (exact) mass is 316 g/mol. The predicted molar refractivity (Wildman–Crippen MR) is 98.7 cm³/mol. The van der Waals surface area contributed by atoms with Crippen molar-refractivity contribution in [1.82, 2.24) is 0 Å². The molecule has 0 saturated heterocycles. The van der Waals surface area contributed by atoms with Gasteiger partial charge in [-0.05, 0) is 66.8 Å². The van der Waals surface area contributed by atoms with Gasteiger partial charge in [0.1, 0.15) is 0 Å². The van der Waals surface area contributed by atoms with Gasteiger partial charge in [-0.3, -0.25) is 4.79 Å². The standard InChI is InChI=1S/C21H20N2O/c1-14-10-17(12-15-2-6-19(22)7-3-15)21(24)18(11-14)13-16-4-8-20(23)9-5-16/h2-4,6-8,12-14H,10-11,22-23H2,1H3/b17-12+,18-13+. The van der Waals surface area contributed by atoms with Gasteiger partial charge in [0.15, 0.2) is 5.78 Å². The third-order valence-corrected chi connectivity index (χ3v) is 4.12. The van der Waals surface area contributed by atoms with Crippen LogP contribution in [0.5, 0.6) is 0 Å². The van der Waals surface area contributed by atoms with Gasteiger partial charge in [0.25, 0.3) is 0 Å². The van der Waals surface area contributed by atoms with E-state index in [0.717, 1.165) is 40.8 Å². The number of hydrogen-bond donors (Lipinski definition) is 2. The summed E-state index contributed by atoms with van der Waals surface area (Å²) in [5.74, 6) is 0.530. The lowest BCUT2D eigenvalue weighted by Crippen LogP contribution is -2.18. The number of carbonyl (C=O) groups is 1. The minimum absolute atomic E-state index is 0.107. The van der Waals surface area contributed by atoms with Crippen LogP contribution in [0.2, 0.25) is 0 Å². The molecule has 0 radical (unpaired) electrons. The highest BCUT2D eigenvalue weighted by Crippen LogP contribution is 2.32. The molecule has 0 heterocycles. The van der Waals surface area contributed by atoms with Gasteiger partial charge in [0.2, 0.25) is 0 Å². The first-order chi connectivity index (χ1) is 11.5. The number of nitrogen functional groups attached to an aromatic ring is 2. The molecule has 3 heteroatoms. The maximum atomic E-state index is 12.8. The summed E-state index contributed by atoms with van der Waals surface area (Å²) < 4.78 is 0. The van der Waals surface area contributed by atoms with E-state index in [1.165, 1.54) is 0 Å². The molecule has 2 aromatic rings. The molecule has 0 bridgehead atoms. The molecule has 1 aliphatic rings. The molecule has 1 saturated carbocycles. The Hall–Kier alpha value is -2.99. The summed E-state index contributed by atoms with van der Waals surface area (Å²) in [6.45, 7) is 2.16. The minimum atomic E-state index is 0.107. The molecule has 0 aromatic heterocycles. The van der Waals surface area contributed by atoms with Crippen molar-refractivity contribution in [2.75, 3.05) is 11.5 Å². The number of benzene rings is 1. The molecule has 120 valence electrons. The quantitative estimate of drug-likeness (QED) is 0.652. The Morgan fingerprint density at radius 3 is 2.25 bits per heavy atom. The zero-order chi connectivity index (χ0) is 17.1. The first kappa shape index (κ1) is 15.9. The molecule has 24 heavy (non-hydrogen) atoms. The average Bonchev–Trinajstić information content (AvgIpc) is 2.56. The molecule has 4 N–H and O–H groups in total. The summed E-state index contributed by atoms with van der Waals surface area (Å²) in [5, 5.41) is 0. The second kappa shape index (κ2) is 6.64. The van der Waals surface area contributed by atoms with Crippen LogP contribution < -0.4 is 11.5 Å². The van der Waals surface area contributed by atoms with Crippen LogP contribution in [0.25, 0.3) is 12.2 Å². The smallest absolute Gasteiger partial charge is 0.185 e. The Kier molecular flexibility index (Phi) is 4.39. The molecule has 0 amide bonds. The molecular weight excluding hydrogens is 296 g/mol. The maximum Gasteiger partial charge on any atom is 0.185 e. The van der Waals surface area contributed by atoms with Gasteiger partial charge >= 0.3 is 0 Å². The van der Waals surface area contributed by atoms with Gasteiger partial charge in [-0.1, -0.05) is 25.1 Å². The van der Waals surface area contributed by atoms with Crippen LogP contribution >= 0.6 is 0 Å². The topological polar surface area (TPSA) is 69.1 Å². The normalized spacial score (nSPS) is 21.0. The second-order valence-corrected chi connectivity index (χ2v) is 6.34.